The summed E-state index contributed by atoms with van der Waals surface area (Å²) in [4.78, 5) is 10.9. The van der Waals surface area contributed by atoms with Gasteiger partial charge in [0.2, 0.25) is 5.91 Å². The van der Waals surface area contributed by atoms with Crippen molar-refractivity contribution in [1.29, 1.82) is 0 Å². The molecule has 4 nitrogen and oxygen atoms in total. The molecule has 0 saturated heterocycles. The molecule has 1 aromatic rings. The monoisotopic (exact) mass is 279 g/mol. The summed E-state index contributed by atoms with van der Waals surface area (Å²) in [6.07, 6.45) is 1.06. The molecule has 0 radical (unpaired) electrons. The Kier molecular flexibility index (Phi) is 4.47. The standard InChI is InChI=1S/C10H11ClFNO3S/c1-17(15,16)6-7-2-3-9(8(12)4-7)13-10(14)5-11/h2-4H,5-6H2,1H3,(H,13,14). The first-order valence-corrected chi connectivity index (χ1v) is 7.23. The van der Waals surface area contributed by atoms with Crippen molar-refractivity contribution in [2.45, 2.75) is 5.75 Å². The summed E-state index contributed by atoms with van der Waals surface area (Å²) in [5.74, 6) is -1.73. The zero-order chi connectivity index (χ0) is 13.1. The minimum absolute atomic E-state index is 0.0205. The molecule has 0 fully saturated rings. The Morgan fingerprint density at radius 2 is 2.12 bits per heavy atom. The zero-order valence-electron chi connectivity index (χ0n) is 9.04. The van der Waals surface area contributed by atoms with Crippen LogP contribution in [0.3, 0.4) is 0 Å². The summed E-state index contributed by atoms with van der Waals surface area (Å²) in [7, 11) is -3.21. The largest absolute Gasteiger partial charge is 0.323 e. The van der Waals surface area contributed by atoms with Crippen LogP contribution in [0.5, 0.6) is 0 Å². The van der Waals surface area contributed by atoms with Crippen molar-refractivity contribution in [2.24, 2.45) is 0 Å². The van der Waals surface area contributed by atoms with Crippen molar-refractivity contribution in [3.05, 3.63) is 29.6 Å². The Bertz CT molecular complexity index is 530. The number of hydrogen-bond donors (Lipinski definition) is 1. The fourth-order valence-corrected chi connectivity index (χ4v) is 2.09. The first-order valence-electron chi connectivity index (χ1n) is 4.64. The molecule has 0 aromatic heterocycles. The van der Waals surface area contributed by atoms with E-state index in [1.54, 1.807) is 0 Å². The first kappa shape index (κ1) is 13.9. The maximum Gasteiger partial charge on any atom is 0.239 e. The van der Waals surface area contributed by atoms with E-state index >= 15 is 0 Å². The fraction of sp³-hybridized carbons (Fsp3) is 0.300. The molecule has 0 unspecified atom stereocenters. The minimum Gasteiger partial charge on any atom is -0.323 e. The molecule has 1 rings (SSSR count). The van der Waals surface area contributed by atoms with Gasteiger partial charge in [0.15, 0.2) is 9.84 Å². The molecule has 0 aliphatic carbocycles. The molecule has 0 bridgehead atoms. The summed E-state index contributed by atoms with van der Waals surface area (Å²) in [5, 5.41) is 2.25. The van der Waals surface area contributed by atoms with E-state index in [9.17, 15) is 17.6 Å². The second kappa shape index (κ2) is 5.46. The van der Waals surface area contributed by atoms with Crippen LogP contribution in [0.15, 0.2) is 18.2 Å². The van der Waals surface area contributed by atoms with E-state index in [-0.39, 0.29) is 17.3 Å². The average molecular weight is 280 g/mol. The highest BCUT2D eigenvalue weighted by Gasteiger charge is 2.09. The molecule has 0 aliphatic heterocycles. The number of carbonyl (C=O) groups is 1. The Labute approximate surface area is 104 Å². The number of amides is 1. The Morgan fingerprint density at radius 3 is 2.59 bits per heavy atom. The number of rotatable bonds is 4. The van der Waals surface area contributed by atoms with E-state index in [0.717, 1.165) is 12.3 Å². The predicted octanol–water partition coefficient (Wildman–Crippen LogP) is 1.55. The van der Waals surface area contributed by atoms with Crippen LogP contribution in [0.2, 0.25) is 0 Å². The lowest BCUT2D eigenvalue weighted by molar-refractivity contribution is -0.113. The number of alkyl halides is 1. The van der Waals surface area contributed by atoms with Crippen LogP contribution in [0.4, 0.5) is 10.1 Å². The molecule has 1 aromatic carbocycles. The molecule has 0 spiro atoms. The van der Waals surface area contributed by atoms with Crippen molar-refractivity contribution in [3.8, 4) is 0 Å². The Balaban J connectivity index is 2.90. The second-order valence-electron chi connectivity index (χ2n) is 3.57. The third kappa shape index (κ3) is 4.70. The molecular formula is C10H11ClFNO3S. The minimum atomic E-state index is -3.21. The highest BCUT2D eigenvalue weighted by atomic mass is 35.5. The maximum absolute atomic E-state index is 13.5. The number of nitrogens with one attached hydrogen (secondary N) is 1. The van der Waals surface area contributed by atoms with E-state index in [1.807, 2.05) is 0 Å². The molecule has 7 heteroatoms. The smallest absolute Gasteiger partial charge is 0.239 e. The third-order valence-corrected chi connectivity index (χ3v) is 2.96. The quantitative estimate of drug-likeness (QED) is 0.851. The number of hydrogen-bond acceptors (Lipinski definition) is 3. The van der Waals surface area contributed by atoms with Crippen LogP contribution in [-0.2, 0) is 20.4 Å². The molecule has 17 heavy (non-hydrogen) atoms. The average Bonchev–Trinajstić information content (AvgIpc) is 2.19. The van der Waals surface area contributed by atoms with E-state index in [4.69, 9.17) is 11.6 Å². The summed E-state index contributed by atoms with van der Waals surface area (Å²) in [6.45, 7) is 0. The first-order chi connectivity index (χ1) is 7.81. The van der Waals surface area contributed by atoms with Crippen LogP contribution >= 0.6 is 11.6 Å². The van der Waals surface area contributed by atoms with Crippen LogP contribution in [0, 0.1) is 5.82 Å². The van der Waals surface area contributed by atoms with E-state index < -0.39 is 21.6 Å². The lowest BCUT2D eigenvalue weighted by Gasteiger charge is -2.06. The molecular weight excluding hydrogens is 269 g/mol. The zero-order valence-corrected chi connectivity index (χ0v) is 10.6. The van der Waals surface area contributed by atoms with Gasteiger partial charge in [0.05, 0.1) is 11.4 Å². The molecule has 0 atom stereocenters. The second-order valence-corrected chi connectivity index (χ2v) is 5.97. The van der Waals surface area contributed by atoms with Gasteiger partial charge in [0, 0.05) is 6.26 Å². The van der Waals surface area contributed by atoms with Gasteiger partial charge in [-0.1, -0.05) is 6.07 Å². The van der Waals surface area contributed by atoms with Gasteiger partial charge in [-0.3, -0.25) is 4.79 Å². The van der Waals surface area contributed by atoms with E-state index in [2.05, 4.69) is 5.32 Å². The highest BCUT2D eigenvalue weighted by molar-refractivity contribution is 7.89. The SMILES string of the molecule is CS(=O)(=O)Cc1ccc(NC(=O)CCl)c(F)c1. The Hall–Kier alpha value is -1.14. The number of benzene rings is 1. The van der Waals surface area contributed by atoms with E-state index in [1.165, 1.54) is 12.1 Å². The lowest BCUT2D eigenvalue weighted by atomic mass is 10.2. The topological polar surface area (TPSA) is 63.2 Å². The predicted molar refractivity (Wildman–Crippen MR) is 64.3 cm³/mol. The van der Waals surface area contributed by atoms with Gasteiger partial charge in [0.1, 0.15) is 11.7 Å². The number of carbonyl (C=O) groups excluding carboxylic acids is 1. The van der Waals surface area contributed by atoms with Gasteiger partial charge in [0.25, 0.3) is 0 Å². The summed E-state index contributed by atoms with van der Waals surface area (Å²) in [6, 6.07) is 3.82. The summed E-state index contributed by atoms with van der Waals surface area (Å²) < 4.78 is 35.5. The highest BCUT2D eigenvalue weighted by Crippen LogP contribution is 2.17. The molecule has 0 heterocycles. The number of sulfone groups is 1. The molecule has 0 saturated carbocycles. The number of anilines is 1. The molecule has 1 amide bonds. The molecule has 0 aliphatic rings. The maximum atomic E-state index is 13.5. The van der Waals surface area contributed by atoms with Gasteiger partial charge < -0.3 is 5.32 Å². The van der Waals surface area contributed by atoms with Gasteiger partial charge in [-0.05, 0) is 17.7 Å². The van der Waals surface area contributed by atoms with Crippen molar-refractivity contribution in [1.82, 2.24) is 0 Å². The van der Waals surface area contributed by atoms with Crippen molar-refractivity contribution >= 4 is 33.0 Å². The van der Waals surface area contributed by atoms with Gasteiger partial charge in [-0.2, -0.15) is 0 Å². The molecule has 1 N–H and O–H groups in total. The normalized spacial score (nSPS) is 11.2. The Morgan fingerprint density at radius 1 is 1.47 bits per heavy atom. The van der Waals surface area contributed by atoms with Crippen molar-refractivity contribution in [3.63, 3.8) is 0 Å². The van der Waals surface area contributed by atoms with Crippen LogP contribution < -0.4 is 5.32 Å². The summed E-state index contributed by atoms with van der Waals surface area (Å²) >= 11 is 5.26. The third-order valence-electron chi connectivity index (χ3n) is 1.86. The van der Waals surface area contributed by atoms with E-state index in [0.29, 0.717) is 5.56 Å². The lowest BCUT2D eigenvalue weighted by Crippen LogP contribution is -2.14. The fourth-order valence-electron chi connectivity index (χ4n) is 1.24. The van der Waals surface area contributed by atoms with Crippen molar-refractivity contribution < 1.29 is 17.6 Å². The van der Waals surface area contributed by atoms with Crippen LogP contribution in [-0.4, -0.2) is 26.5 Å². The van der Waals surface area contributed by atoms with Gasteiger partial charge in [-0.25, -0.2) is 12.8 Å². The van der Waals surface area contributed by atoms with Crippen molar-refractivity contribution in [2.75, 3.05) is 17.5 Å². The molecule has 94 valence electrons. The van der Waals surface area contributed by atoms with Crippen LogP contribution in [0.1, 0.15) is 5.56 Å². The van der Waals surface area contributed by atoms with Crippen LogP contribution in [0.25, 0.3) is 0 Å². The van der Waals surface area contributed by atoms with Gasteiger partial charge >= 0.3 is 0 Å². The number of halogens is 2. The van der Waals surface area contributed by atoms with Gasteiger partial charge in [-0.15, -0.1) is 11.6 Å². The summed E-state index contributed by atoms with van der Waals surface area (Å²) in [5.41, 5.74) is 0.307.